The lowest BCUT2D eigenvalue weighted by Crippen LogP contribution is -2.37. The summed E-state index contributed by atoms with van der Waals surface area (Å²) >= 11 is 0. The monoisotopic (exact) mass is 303 g/mol. The molecule has 2 rings (SSSR count). The maximum atomic E-state index is 13.5. The number of hydrogen-bond acceptors (Lipinski definition) is 3. The number of carbonyl (C=O) groups is 1. The summed E-state index contributed by atoms with van der Waals surface area (Å²) in [6, 6.07) is 12.8. The van der Waals surface area contributed by atoms with E-state index in [9.17, 15) is 9.18 Å². The largest absolute Gasteiger partial charge is 0.497 e. The van der Waals surface area contributed by atoms with Crippen LogP contribution in [0.2, 0.25) is 0 Å². The fourth-order valence-corrected chi connectivity index (χ4v) is 1.88. The van der Waals surface area contributed by atoms with E-state index < -0.39 is 11.7 Å². The van der Waals surface area contributed by atoms with Crippen LogP contribution in [-0.2, 0) is 0 Å². The number of ether oxygens (including phenoxy) is 2. The highest BCUT2D eigenvalue weighted by Crippen LogP contribution is 2.17. The van der Waals surface area contributed by atoms with Gasteiger partial charge in [0, 0.05) is 0 Å². The number of carbonyl (C=O) groups excluding carboxylic acids is 1. The van der Waals surface area contributed by atoms with E-state index in [1.165, 1.54) is 12.1 Å². The van der Waals surface area contributed by atoms with Crippen LogP contribution in [0.5, 0.6) is 11.5 Å². The molecule has 0 saturated heterocycles. The molecule has 0 fully saturated rings. The third-order valence-corrected chi connectivity index (χ3v) is 3.06. The minimum atomic E-state index is -0.539. The van der Waals surface area contributed by atoms with E-state index in [0.717, 1.165) is 5.75 Å². The molecule has 116 valence electrons. The summed E-state index contributed by atoms with van der Waals surface area (Å²) in [7, 11) is 1.59. The van der Waals surface area contributed by atoms with Crippen LogP contribution in [0, 0.1) is 5.82 Å². The molecule has 0 spiro atoms. The van der Waals surface area contributed by atoms with Crippen LogP contribution in [0.15, 0.2) is 48.5 Å². The van der Waals surface area contributed by atoms with Crippen molar-refractivity contribution < 1.29 is 18.7 Å². The van der Waals surface area contributed by atoms with Crippen molar-refractivity contribution in [1.29, 1.82) is 0 Å². The lowest BCUT2D eigenvalue weighted by atomic mass is 10.2. The van der Waals surface area contributed by atoms with Crippen molar-refractivity contribution in [1.82, 2.24) is 5.32 Å². The molecule has 0 aliphatic rings. The first-order valence-corrected chi connectivity index (χ1v) is 6.92. The quantitative estimate of drug-likeness (QED) is 0.892. The van der Waals surface area contributed by atoms with Crippen molar-refractivity contribution in [3.05, 3.63) is 59.9 Å². The van der Waals surface area contributed by atoms with Crippen LogP contribution in [0.1, 0.15) is 17.3 Å². The number of rotatable bonds is 6. The summed E-state index contributed by atoms with van der Waals surface area (Å²) in [5, 5.41) is 2.70. The Morgan fingerprint density at radius 3 is 2.41 bits per heavy atom. The van der Waals surface area contributed by atoms with Crippen molar-refractivity contribution in [2.75, 3.05) is 13.7 Å². The van der Waals surface area contributed by atoms with Gasteiger partial charge in [0.05, 0.1) is 18.7 Å². The van der Waals surface area contributed by atoms with Crippen molar-refractivity contribution in [2.45, 2.75) is 13.0 Å². The standard InChI is InChI=1S/C17H18FNO3/c1-12(11-22-14-9-7-13(21-2)8-10-14)19-17(20)15-5-3-4-6-16(15)18/h3-10,12H,11H2,1-2H3,(H,19,20)/t12-/m0/s1. The average Bonchev–Trinajstić information content (AvgIpc) is 2.53. The highest BCUT2D eigenvalue weighted by molar-refractivity contribution is 5.94. The molecule has 5 heteroatoms. The topological polar surface area (TPSA) is 47.6 Å². The Hall–Kier alpha value is -2.56. The number of amides is 1. The predicted molar refractivity (Wildman–Crippen MR) is 81.8 cm³/mol. The van der Waals surface area contributed by atoms with Gasteiger partial charge in [0.2, 0.25) is 0 Å². The Morgan fingerprint density at radius 1 is 1.14 bits per heavy atom. The molecule has 0 bridgehead atoms. The molecule has 0 aliphatic heterocycles. The van der Waals surface area contributed by atoms with Gasteiger partial charge in [-0.15, -0.1) is 0 Å². The van der Waals surface area contributed by atoms with Crippen LogP contribution >= 0.6 is 0 Å². The second kappa shape index (κ2) is 7.45. The van der Waals surface area contributed by atoms with E-state index in [1.54, 1.807) is 50.4 Å². The summed E-state index contributed by atoms with van der Waals surface area (Å²) in [5.74, 6) is 0.424. The van der Waals surface area contributed by atoms with E-state index in [1.807, 2.05) is 0 Å². The van der Waals surface area contributed by atoms with E-state index in [4.69, 9.17) is 9.47 Å². The second-order valence-corrected chi connectivity index (χ2v) is 4.84. The number of methoxy groups -OCH3 is 1. The Balaban J connectivity index is 1.86. The molecular formula is C17H18FNO3. The summed E-state index contributed by atoms with van der Waals surface area (Å²) in [6.07, 6.45) is 0. The lowest BCUT2D eigenvalue weighted by molar-refractivity contribution is 0.0922. The molecule has 1 amide bonds. The molecular weight excluding hydrogens is 285 g/mol. The van der Waals surface area contributed by atoms with E-state index in [0.29, 0.717) is 5.75 Å². The molecule has 22 heavy (non-hydrogen) atoms. The van der Waals surface area contributed by atoms with Gasteiger partial charge in [0.1, 0.15) is 23.9 Å². The van der Waals surface area contributed by atoms with Gasteiger partial charge in [0.15, 0.2) is 0 Å². The van der Waals surface area contributed by atoms with Gasteiger partial charge >= 0.3 is 0 Å². The smallest absolute Gasteiger partial charge is 0.254 e. The SMILES string of the molecule is COc1ccc(OC[C@H](C)NC(=O)c2ccccc2F)cc1. The van der Waals surface area contributed by atoms with Gasteiger partial charge in [-0.2, -0.15) is 0 Å². The maximum Gasteiger partial charge on any atom is 0.254 e. The van der Waals surface area contributed by atoms with Crippen molar-refractivity contribution in [3.63, 3.8) is 0 Å². The lowest BCUT2D eigenvalue weighted by Gasteiger charge is -2.15. The first-order chi connectivity index (χ1) is 10.6. The highest BCUT2D eigenvalue weighted by atomic mass is 19.1. The normalized spacial score (nSPS) is 11.6. The summed E-state index contributed by atoms with van der Waals surface area (Å²) in [4.78, 5) is 11.9. The zero-order chi connectivity index (χ0) is 15.9. The third-order valence-electron chi connectivity index (χ3n) is 3.06. The average molecular weight is 303 g/mol. The fourth-order valence-electron chi connectivity index (χ4n) is 1.88. The van der Waals surface area contributed by atoms with Gasteiger partial charge in [-0.05, 0) is 43.3 Å². The van der Waals surface area contributed by atoms with E-state index in [-0.39, 0.29) is 18.2 Å². The Morgan fingerprint density at radius 2 is 1.77 bits per heavy atom. The zero-order valence-corrected chi connectivity index (χ0v) is 12.5. The Kier molecular flexibility index (Phi) is 5.36. The number of nitrogens with one attached hydrogen (secondary N) is 1. The molecule has 0 aromatic heterocycles. The van der Waals surface area contributed by atoms with Crippen LogP contribution in [0.25, 0.3) is 0 Å². The van der Waals surface area contributed by atoms with Gasteiger partial charge in [0.25, 0.3) is 5.91 Å². The van der Waals surface area contributed by atoms with Crippen LogP contribution < -0.4 is 14.8 Å². The fraction of sp³-hybridized carbons (Fsp3) is 0.235. The van der Waals surface area contributed by atoms with Crippen LogP contribution in [0.4, 0.5) is 4.39 Å². The Bertz CT molecular complexity index is 628. The molecule has 0 aliphatic carbocycles. The second-order valence-electron chi connectivity index (χ2n) is 4.84. The van der Waals surface area contributed by atoms with E-state index in [2.05, 4.69) is 5.32 Å². The van der Waals surface area contributed by atoms with Crippen molar-refractivity contribution >= 4 is 5.91 Å². The van der Waals surface area contributed by atoms with Crippen molar-refractivity contribution in [3.8, 4) is 11.5 Å². The molecule has 0 radical (unpaired) electrons. The van der Waals surface area contributed by atoms with Gasteiger partial charge in [-0.3, -0.25) is 4.79 Å². The van der Waals surface area contributed by atoms with Gasteiger partial charge < -0.3 is 14.8 Å². The number of halogens is 1. The minimum absolute atomic E-state index is 0.0267. The van der Waals surface area contributed by atoms with Crippen LogP contribution in [-0.4, -0.2) is 25.7 Å². The molecule has 0 saturated carbocycles. The van der Waals surface area contributed by atoms with Crippen molar-refractivity contribution in [2.24, 2.45) is 0 Å². The molecule has 0 heterocycles. The predicted octanol–water partition coefficient (Wildman–Crippen LogP) is 3.03. The molecule has 1 N–H and O–H groups in total. The summed E-state index contributed by atoms with van der Waals surface area (Å²) in [6.45, 7) is 2.08. The first-order valence-electron chi connectivity index (χ1n) is 6.92. The third kappa shape index (κ3) is 4.22. The zero-order valence-electron chi connectivity index (χ0n) is 12.5. The molecule has 2 aromatic rings. The van der Waals surface area contributed by atoms with E-state index >= 15 is 0 Å². The molecule has 4 nitrogen and oxygen atoms in total. The summed E-state index contributed by atoms with van der Waals surface area (Å²) < 4.78 is 24.1. The number of benzene rings is 2. The maximum absolute atomic E-state index is 13.5. The molecule has 2 aromatic carbocycles. The van der Waals surface area contributed by atoms with Gasteiger partial charge in [-0.25, -0.2) is 4.39 Å². The highest BCUT2D eigenvalue weighted by Gasteiger charge is 2.13. The first kappa shape index (κ1) is 15.8. The van der Waals surface area contributed by atoms with Gasteiger partial charge in [-0.1, -0.05) is 12.1 Å². The minimum Gasteiger partial charge on any atom is -0.497 e. The number of hydrogen-bond donors (Lipinski definition) is 1. The van der Waals surface area contributed by atoms with Crippen LogP contribution in [0.3, 0.4) is 0 Å². The molecule has 1 atom stereocenters. The summed E-state index contributed by atoms with van der Waals surface area (Å²) in [5.41, 5.74) is 0.0267. The Labute approximate surface area is 128 Å². The molecule has 0 unspecified atom stereocenters.